The molecule has 0 atom stereocenters. The fourth-order valence-electron chi connectivity index (χ4n) is 1.19. The van der Waals surface area contributed by atoms with E-state index in [0.717, 1.165) is 17.1 Å². The number of alkyl halides is 2. The summed E-state index contributed by atoms with van der Waals surface area (Å²) in [4.78, 5) is 0. The van der Waals surface area contributed by atoms with Gasteiger partial charge in [0, 0.05) is 23.9 Å². The highest BCUT2D eigenvalue weighted by molar-refractivity contribution is 9.09. The standard InChI is InChI=1S/C9H14Br2N2/c1-9(6-10,7-11)3-8-4-12-13(2)5-8/h4-5H,3,6-7H2,1-2H3. The Balaban J connectivity index is 2.67. The third kappa shape index (κ3) is 3.09. The van der Waals surface area contributed by atoms with E-state index in [-0.39, 0.29) is 5.41 Å². The van der Waals surface area contributed by atoms with Gasteiger partial charge in [0.25, 0.3) is 0 Å². The van der Waals surface area contributed by atoms with E-state index in [4.69, 9.17) is 0 Å². The van der Waals surface area contributed by atoms with Gasteiger partial charge in [-0.1, -0.05) is 38.8 Å². The van der Waals surface area contributed by atoms with Gasteiger partial charge in [-0.05, 0) is 17.4 Å². The Morgan fingerprint density at radius 3 is 2.46 bits per heavy atom. The summed E-state index contributed by atoms with van der Waals surface area (Å²) in [5, 5.41) is 6.16. The highest BCUT2D eigenvalue weighted by Gasteiger charge is 2.22. The molecule has 0 saturated heterocycles. The fraction of sp³-hybridized carbons (Fsp3) is 0.667. The van der Waals surface area contributed by atoms with Crippen LogP contribution in [0.15, 0.2) is 12.4 Å². The predicted octanol–water partition coefficient (Wildman–Crippen LogP) is 2.76. The van der Waals surface area contributed by atoms with Gasteiger partial charge in [-0.3, -0.25) is 4.68 Å². The summed E-state index contributed by atoms with van der Waals surface area (Å²) in [7, 11) is 1.95. The van der Waals surface area contributed by atoms with E-state index in [1.165, 1.54) is 5.56 Å². The van der Waals surface area contributed by atoms with Crippen molar-refractivity contribution in [3.63, 3.8) is 0 Å². The van der Waals surface area contributed by atoms with E-state index in [2.05, 4.69) is 50.1 Å². The molecule has 0 aliphatic carbocycles. The summed E-state index contributed by atoms with van der Waals surface area (Å²) in [5.74, 6) is 0. The first-order valence-electron chi connectivity index (χ1n) is 4.19. The Bertz CT molecular complexity index is 266. The number of hydrogen-bond donors (Lipinski definition) is 0. The lowest BCUT2D eigenvalue weighted by molar-refractivity contribution is 0.438. The van der Waals surface area contributed by atoms with Crippen LogP contribution in [0.1, 0.15) is 12.5 Å². The van der Waals surface area contributed by atoms with Crippen LogP contribution in [0.25, 0.3) is 0 Å². The third-order valence-electron chi connectivity index (χ3n) is 2.03. The van der Waals surface area contributed by atoms with Crippen LogP contribution in [0.2, 0.25) is 0 Å². The maximum absolute atomic E-state index is 4.16. The number of rotatable bonds is 4. The second-order valence-electron chi connectivity index (χ2n) is 3.78. The average Bonchev–Trinajstić information content (AvgIpc) is 2.51. The number of nitrogens with zero attached hydrogens (tertiary/aromatic N) is 2. The molecular formula is C9H14Br2N2. The Morgan fingerprint density at radius 2 is 2.08 bits per heavy atom. The first-order chi connectivity index (χ1) is 6.09. The first-order valence-corrected chi connectivity index (χ1v) is 6.43. The van der Waals surface area contributed by atoms with Crippen LogP contribution in [-0.2, 0) is 13.5 Å². The van der Waals surface area contributed by atoms with Crippen LogP contribution in [0.4, 0.5) is 0 Å². The molecule has 0 N–H and O–H groups in total. The maximum Gasteiger partial charge on any atom is 0.0521 e. The second kappa shape index (κ2) is 4.60. The van der Waals surface area contributed by atoms with Gasteiger partial charge in [0.2, 0.25) is 0 Å². The van der Waals surface area contributed by atoms with Gasteiger partial charge in [-0.25, -0.2) is 0 Å². The third-order valence-corrected chi connectivity index (χ3v) is 4.74. The molecule has 0 amide bonds. The van der Waals surface area contributed by atoms with E-state index in [1.807, 2.05) is 17.9 Å². The maximum atomic E-state index is 4.16. The molecule has 74 valence electrons. The summed E-state index contributed by atoms with van der Waals surface area (Å²) in [6.07, 6.45) is 5.06. The first kappa shape index (κ1) is 11.2. The molecule has 0 radical (unpaired) electrons. The minimum Gasteiger partial charge on any atom is -0.276 e. The van der Waals surface area contributed by atoms with Crippen LogP contribution in [-0.4, -0.2) is 20.4 Å². The summed E-state index contributed by atoms with van der Waals surface area (Å²) in [6.45, 7) is 2.25. The van der Waals surface area contributed by atoms with Crippen molar-refractivity contribution < 1.29 is 0 Å². The summed E-state index contributed by atoms with van der Waals surface area (Å²) < 4.78 is 1.85. The molecule has 0 bridgehead atoms. The van der Waals surface area contributed by atoms with Crippen molar-refractivity contribution in [3.05, 3.63) is 18.0 Å². The van der Waals surface area contributed by atoms with Crippen molar-refractivity contribution in [2.24, 2.45) is 12.5 Å². The largest absolute Gasteiger partial charge is 0.276 e. The topological polar surface area (TPSA) is 17.8 Å². The van der Waals surface area contributed by atoms with Crippen LogP contribution in [0.3, 0.4) is 0 Å². The van der Waals surface area contributed by atoms with Gasteiger partial charge in [0.15, 0.2) is 0 Å². The van der Waals surface area contributed by atoms with Gasteiger partial charge in [0.05, 0.1) is 6.20 Å². The Labute approximate surface area is 96.0 Å². The molecule has 4 heteroatoms. The van der Waals surface area contributed by atoms with Gasteiger partial charge in [0.1, 0.15) is 0 Å². The lowest BCUT2D eigenvalue weighted by Crippen LogP contribution is -2.23. The normalized spacial score (nSPS) is 12.0. The summed E-state index contributed by atoms with van der Waals surface area (Å²) in [5.41, 5.74) is 1.58. The molecule has 13 heavy (non-hydrogen) atoms. The van der Waals surface area contributed by atoms with Gasteiger partial charge in [-0.15, -0.1) is 0 Å². The van der Waals surface area contributed by atoms with Crippen LogP contribution in [0.5, 0.6) is 0 Å². The quantitative estimate of drug-likeness (QED) is 0.782. The molecule has 0 aromatic carbocycles. The molecule has 0 spiro atoms. The highest BCUT2D eigenvalue weighted by atomic mass is 79.9. The molecule has 0 aliphatic heterocycles. The van der Waals surface area contributed by atoms with Crippen LogP contribution < -0.4 is 0 Å². The number of aromatic nitrogens is 2. The Kier molecular flexibility index (Phi) is 3.98. The van der Waals surface area contributed by atoms with Crippen molar-refractivity contribution in [1.82, 2.24) is 9.78 Å². The molecule has 1 aromatic rings. The van der Waals surface area contributed by atoms with Gasteiger partial charge >= 0.3 is 0 Å². The summed E-state index contributed by atoms with van der Waals surface area (Å²) in [6, 6.07) is 0. The van der Waals surface area contributed by atoms with Crippen molar-refractivity contribution in [3.8, 4) is 0 Å². The van der Waals surface area contributed by atoms with E-state index >= 15 is 0 Å². The lowest BCUT2D eigenvalue weighted by Gasteiger charge is -2.23. The zero-order chi connectivity index (χ0) is 9.90. The van der Waals surface area contributed by atoms with Crippen molar-refractivity contribution in [2.45, 2.75) is 13.3 Å². The van der Waals surface area contributed by atoms with Gasteiger partial charge in [-0.2, -0.15) is 5.10 Å². The molecule has 2 nitrogen and oxygen atoms in total. The highest BCUT2D eigenvalue weighted by Crippen LogP contribution is 2.26. The molecule has 1 rings (SSSR count). The molecule has 0 unspecified atom stereocenters. The van der Waals surface area contributed by atoms with Crippen LogP contribution >= 0.6 is 31.9 Å². The molecule has 0 fully saturated rings. The zero-order valence-corrected chi connectivity index (χ0v) is 11.1. The number of aryl methyl sites for hydroxylation is 1. The molecular weight excluding hydrogens is 296 g/mol. The predicted molar refractivity (Wildman–Crippen MR) is 62.6 cm³/mol. The Hall–Kier alpha value is 0.170. The second-order valence-corrected chi connectivity index (χ2v) is 4.90. The molecule has 1 heterocycles. The number of halogens is 2. The molecule has 1 aromatic heterocycles. The van der Waals surface area contributed by atoms with Gasteiger partial charge < -0.3 is 0 Å². The van der Waals surface area contributed by atoms with E-state index in [9.17, 15) is 0 Å². The molecule has 0 aliphatic rings. The average molecular weight is 310 g/mol. The molecule has 0 saturated carbocycles. The lowest BCUT2D eigenvalue weighted by atomic mass is 9.89. The minimum absolute atomic E-state index is 0.281. The summed E-state index contributed by atoms with van der Waals surface area (Å²) >= 11 is 7.08. The zero-order valence-electron chi connectivity index (χ0n) is 7.93. The number of hydrogen-bond acceptors (Lipinski definition) is 1. The minimum atomic E-state index is 0.281. The van der Waals surface area contributed by atoms with Crippen molar-refractivity contribution in [2.75, 3.05) is 10.7 Å². The van der Waals surface area contributed by atoms with E-state index in [1.54, 1.807) is 0 Å². The SMILES string of the molecule is Cn1cc(CC(C)(CBr)CBr)cn1. The van der Waals surface area contributed by atoms with E-state index in [0.29, 0.717) is 0 Å². The van der Waals surface area contributed by atoms with Crippen molar-refractivity contribution in [1.29, 1.82) is 0 Å². The fourth-order valence-corrected chi connectivity index (χ4v) is 2.51. The monoisotopic (exact) mass is 308 g/mol. The smallest absolute Gasteiger partial charge is 0.0521 e. The van der Waals surface area contributed by atoms with Crippen molar-refractivity contribution >= 4 is 31.9 Å². The van der Waals surface area contributed by atoms with E-state index < -0.39 is 0 Å². The van der Waals surface area contributed by atoms with Crippen LogP contribution in [0, 0.1) is 5.41 Å². The Morgan fingerprint density at radius 1 is 1.46 bits per heavy atom.